The molecular formula is C12H15NO4. The van der Waals surface area contributed by atoms with Crippen LogP contribution < -0.4 is 5.32 Å². The van der Waals surface area contributed by atoms with Gasteiger partial charge in [-0.25, -0.2) is 9.59 Å². The van der Waals surface area contributed by atoms with E-state index in [9.17, 15) is 9.59 Å². The van der Waals surface area contributed by atoms with Crippen molar-refractivity contribution >= 4 is 17.6 Å². The second-order valence-corrected chi connectivity index (χ2v) is 3.65. The number of benzene rings is 1. The summed E-state index contributed by atoms with van der Waals surface area (Å²) in [5, 5.41) is 20.7. The molecule has 0 aliphatic rings. The number of rotatable bonds is 6. The van der Waals surface area contributed by atoms with Crippen molar-refractivity contribution in [1.29, 1.82) is 0 Å². The Bertz CT molecular complexity index is 429. The second-order valence-electron chi connectivity index (χ2n) is 3.65. The molecule has 0 aromatic heterocycles. The summed E-state index contributed by atoms with van der Waals surface area (Å²) in [6.07, 6.45) is 1.88. The van der Waals surface area contributed by atoms with Crippen molar-refractivity contribution in [3.05, 3.63) is 29.3 Å². The average molecular weight is 237 g/mol. The molecule has 0 saturated heterocycles. The molecule has 5 nitrogen and oxygen atoms in total. The van der Waals surface area contributed by atoms with Gasteiger partial charge in [0, 0.05) is 12.2 Å². The third-order valence-corrected chi connectivity index (χ3v) is 2.34. The van der Waals surface area contributed by atoms with Crippen molar-refractivity contribution in [2.24, 2.45) is 0 Å². The standard InChI is InChI=1S/C12H15NO4/c1-2-3-6-13-10-7-8(11(14)15)4-5-9(10)12(16)17/h4-5,7,13H,2-3,6H2,1H3,(H,14,15)(H,16,17). The number of unbranched alkanes of at least 4 members (excludes halogenated alkanes) is 1. The minimum atomic E-state index is -1.07. The fourth-order valence-corrected chi connectivity index (χ4v) is 1.41. The molecule has 5 heteroatoms. The van der Waals surface area contributed by atoms with E-state index in [1.165, 1.54) is 18.2 Å². The first-order chi connectivity index (χ1) is 8.06. The molecule has 3 N–H and O–H groups in total. The van der Waals surface area contributed by atoms with E-state index in [4.69, 9.17) is 10.2 Å². The first kappa shape index (κ1) is 13.0. The van der Waals surface area contributed by atoms with Gasteiger partial charge in [-0.1, -0.05) is 13.3 Å². The van der Waals surface area contributed by atoms with Crippen molar-refractivity contribution in [3.63, 3.8) is 0 Å². The number of carboxylic acid groups (broad SMARTS) is 2. The highest BCUT2D eigenvalue weighted by Gasteiger charge is 2.12. The van der Waals surface area contributed by atoms with E-state index in [-0.39, 0.29) is 11.1 Å². The Labute approximate surface area is 99.1 Å². The van der Waals surface area contributed by atoms with Crippen molar-refractivity contribution < 1.29 is 19.8 Å². The van der Waals surface area contributed by atoms with Gasteiger partial charge in [-0.05, 0) is 24.6 Å². The second kappa shape index (κ2) is 5.89. The molecule has 0 amide bonds. The maximum absolute atomic E-state index is 10.9. The van der Waals surface area contributed by atoms with Crippen LogP contribution in [-0.2, 0) is 0 Å². The predicted molar refractivity (Wildman–Crippen MR) is 63.8 cm³/mol. The molecule has 0 saturated carbocycles. The fourth-order valence-electron chi connectivity index (χ4n) is 1.41. The highest BCUT2D eigenvalue weighted by Crippen LogP contribution is 2.18. The highest BCUT2D eigenvalue weighted by molar-refractivity contribution is 5.97. The quantitative estimate of drug-likeness (QED) is 0.661. The molecule has 0 atom stereocenters. The molecule has 0 unspecified atom stereocenters. The Morgan fingerprint density at radius 1 is 1.24 bits per heavy atom. The van der Waals surface area contributed by atoms with Crippen LogP contribution in [0.1, 0.15) is 40.5 Å². The van der Waals surface area contributed by atoms with Crippen LogP contribution >= 0.6 is 0 Å². The number of hydrogen-bond donors (Lipinski definition) is 3. The lowest BCUT2D eigenvalue weighted by molar-refractivity contribution is 0.0682. The van der Waals surface area contributed by atoms with E-state index in [1.54, 1.807) is 0 Å². The Morgan fingerprint density at radius 3 is 2.47 bits per heavy atom. The molecular weight excluding hydrogens is 222 g/mol. The molecule has 0 aliphatic carbocycles. The van der Waals surface area contributed by atoms with Gasteiger partial charge in [0.1, 0.15) is 0 Å². The van der Waals surface area contributed by atoms with E-state index in [0.29, 0.717) is 12.2 Å². The molecule has 0 fully saturated rings. The zero-order chi connectivity index (χ0) is 12.8. The summed E-state index contributed by atoms with van der Waals surface area (Å²) in [6.45, 7) is 2.65. The number of aromatic carboxylic acids is 2. The van der Waals surface area contributed by atoms with Gasteiger partial charge >= 0.3 is 11.9 Å². The SMILES string of the molecule is CCCCNc1cc(C(=O)O)ccc1C(=O)O. The molecule has 0 bridgehead atoms. The molecule has 1 rings (SSSR count). The van der Waals surface area contributed by atoms with Crippen LogP contribution in [0, 0.1) is 0 Å². The summed E-state index contributed by atoms with van der Waals surface area (Å²) in [5.74, 6) is -2.14. The zero-order valence-corrected chi connectivity index (χ0v) is 9.56. The Morgan fingerprint density at radius 2 is 1.94 bits per heavy atom. The van der Waals surface area contributed by atoms with Gasteiger partial charge in [-0.3, -0.25) is 0 Å². The van der Waals surface area contributed by atoms with Crippen molar-refractivity contribution in [2.75, 3.05) is 11.9 Å². The molecule has 0 aliphatic heterocycles. The van der Waals surface area contributed by atoms with Gasteiger partial charge in [0.05, 0.1) is 11.1 Å². The summed E-state index contributed by atoms with van der Waals surface area (Å²) in [6, 6.07) is 3.94. The minimum Gasteiger partial charge on any atom is -0.478 e. The Balaban J connectivity index is 2.98. The molecule has 0 spiro atoms. The van der Waals surface area contributed by atoms with Gasteiger partial charge in [-0.2, -0.15) is 0 Å². The number of carboxylic acids is 2. The number of anilines is 1. The maximum Gasteiger partial charge on any atom is 0.337 e. The monoisotopic (exact) mass is 237 g/mol. The lowest BCUT2D eigenvalue weighted by Gasteiger charge is -2.09. The molecule has 0 heterocycles. The lowest BCUT2D eigenvalue weighted by Crippen LogP contribution is -2.09. The van der Waals surface area contributed by atoms with E-state index in [2.05, 4.69) is 5.32 Å². The topological polar surface area (TPSA) is 86.6 Å². The van der Waals surface area contributed by atoms with Gasteiger partial charge < -0.3 is 15.5 Å². The normalized spacial score (nSPS) is 9.94. The summed E-state index contributed by atoms with van der Waals surface area (Å²) in [5.41, 5.74) is 0.519. The summed E-state index contributed by atoms with van der Waals surface area (Å²) < 4.78 is 0. The third kappa shape index (κ3) is 3.48. The first-order valence-corrected chi connectivity index (χ1v) is 5.40. The van der Waals surface area contributed by atoms with Crippen molar-refractivity contribution in [1.82, 2.24) is 0 Å². The fraction of sp³-hybridized carbons (Fsp3) is 0.333. The first-order valence-electron chi connectivity index (χ1n) is 5.40. The number of hydrogen-bond acceptors (Lipinski definition) is 3. The largest absolute Gasteiger partial charge is 0.478 e. The van der Waals surface area contributed by atoms with Gasteiger partial charge in [0.2, 0.25) is 0 Å². The summed E-state index contributed by atoms with van der Waals surface area (Å²) in [7, 11) is 0. The average Bonchev–Trinajstić information content (AvgIpc) is 2.28. The maximum atomic E-state index is 10.9. The molecule has 92 valence electrons. The van der Waals surface area contributed by atoms with Crippen LogP contribution in [-0.4, -0.2) is 28.7 Å². The number of carbonyl (C=O) groups is 2. The highest BCUT2D eigenvalue weighted by atomic mass is 16.4. The predicted octanol–water partition coefficient (Wildman–Crippen LogP) is 2.29. The van der Waals surface area contributed by atoms with Gasteiger partial charge in [-0.15, -0.1) is 0 Å². The van der Waals surface area contributed by atoms with Gasteiger partial charge in [0.25, 0.3) is 0 Å². The summed E-state index contributed by atoms with van der Waals surface area (Å²) >= 11 is 0. The van der Waals surface area contributed by atoms with Crippen LogP contribution in [0.5, 0.6) is 0 Å². The lowest BCUT2D eigenvalue weighted by atomic mass is 10.1. The molecule has 17 heavy (non-hydrogen) atoms. The third-order valence-electron chi connectivity index (χ3n) is 2.34. The van der Waals surface area contributed by atoms with Crippen LogP contribution in [0.3, 0.4) is 0 Å². The summed E-state index contributed by atoms with van der Waals surface area (Å²) in [4.78, 5) is 21.7. The Hall–Kier alpha value is -2.04. The van der Waals surface area contributed by atoms with Crippen LogP contribution in [0.15, 0.2) is 18.2 Å². The van der Waals surface area contributed by atoms with Crippen LogP contribution in [0.2, 0.25) is 0 Å². The van der Waals surface area contributed by atoms with Crippen LogP contribution in [0.25, 0.3) is 0 Å². The van der Waals surface area contributed by atoms with Crippen molar-refractivity contribution in [3.8, 4) is 0 Å². The van der Waals surface area contributed by atoms with E-state index < -0.39 is 11.9 Å². The smallest absolute Gasteiger partial charge is 0.337 e. The van der Waals surface area contributed by atoms with E-state index in [0.717, 1.165) is 12.8 Å². The molecule has 1 aromatic rings. The Kier molecular flexibility index (Phi) is 4.51. The van der Waals surface area contributed by atoms with E-state index >= 15 is 0 Å². The zero-order valence-electron chi connectivity index (χ0n) is 9.56. The van der Waals surface area contributed by atoms with Crippen LogP contribution in [0.4, 0.5) is 5.69 Å². The van der Waals surface area contributed by atoms with Crippen molar-refractivity contribution in [2.45, 2.75) is 19.8 Å². The minimum absolute atomic E-state index is 0.0778. The molecule has 1 aromatic carbocycles. The number of nitrogens with one attached hydrogen (secondary N) is 1. The molecule has 0 radical (unpaired) electrons. The van der Waals surface area contributed by atoms with E-state index in [1.807, 2.05) is 6.92 Å². The van der Waals surface area contributed by atoms with Gasteiger partial charge in [0.15, 0.2) is 0 Å².